The Labute approximate surface area is 107 Å². The standard InChI is InChI=1S/C12H16ClNO2S/c1-9-8-12(9)14-17(15,16)11-4-2-10(3-5-11)6-7-13/h2-5,9,12,14H,6-8H2,1H3. The molecule has 2 unspecified atom stereocenters. The van der Waals surface area contributed by atoms with Gasteiger partial charge in [0.15, 0.2) is 0 Å². The summed E-state index contributed by atoms with van der Waals surface area (Å²) in [6.45, 7) is 2.04. The summed E-state index contributed by atoms with van der Waals surface area (Å²) in [5.41, 5.74) is 1.05. The molecular formula is C12H16ClNO2S. The maximum atomic E-state index is 12.0. The molecule has 0 spiro atoms. The van der Waals surface area contributed by atoms with Gasteiger partial charge in [-0.25, -0.2) is 13.1 Å². The molecular weight excluding hydrogens is 258 g/mol. The van der Waals surface area contributed by atoms with E-state index in [9.17, 15) is 8.42 Å². The second-order valence-electron chi connectivity index (χ2n) is 4.52. The van der Waals surface area contributed by atoms with Crippen molar-refractivity contribution in [2.45, 2.75) is 30.7 Å². The van der Waals surface area contributed by atoms with Crippen molar-refractivity contribution in [3.8, 4) is 0 Å². The molecule has 0 radical (unpaired) electrons. The maximum absolute atomic E-state index is 12.0. The molecule has 1 aromatic carbocycles. The van der Waals surface area contributed by atoms with E-state index in [0.717, 1.165) is 18.4 Å². The van der Waals surface area contributed by atoms with Crippen LogP contribution in [0.5, 0.6) is 0 Å². The molecule has 1 aliphatic carbocycles. The van der Waals surface area contributed by atoms with E-state index in [1.165, 1.54) is 0 Å². The monoisotopic (exact) mass is 273 g/mol. The van der Waals surface area contributed by atoms with E-state index in [0.29, 0.717) is 16.7 Å². The second kappa shape index (κ2) is 4.96. The zero-order valence-corrected chi connectivity index (χ0v) is 11.3. The largest absolute Gasteiger partial charge is 0.240 e. The van der Waals surface area contributed by atoms with Gasteiger partial charge in [0, 0.05) is 11.9 Å². The van der Waals surface area contributed by atoms with Crippen LogP contribution in [0.2, 0.25) is 0 Å². The number of hydrogen-bond donors (Lipinski definition) is 1. The van der Waals surface area contributed by atoms with Crippen LogP contribution in [0.3, 0.4) is 0 Å². The van der Waals surface area contributed by atoms with Gasteiger partial charge in [-0.15, -0.1) is 11.6 Å². The first-order chi connectivity index (χ1) is 8.03. The van der Waals surface area contributed by atoms with Crippen LogP contribution >= 0.6 is 11.6 Å². The first kappa shape index (κ1) is 12.9. The minimum atomic E-state index is -3.34. The Bertz CT molecular complexity index is 484. The fourth-order valence-electron chi connectivity index (χ4n) is 1.70. The van der Waals surface area contributed by atoms with Crippen LogP contribution in [0.25, 0.3) is 0 Å². The Morgan fingerprint density at radius 1 is 1.35 bits per heavy atom. The number of rotatable bonds is 5. The van der Waals surface area contributed by atoms with E-state index >= 15 is 0 Å². The number of sulfonamides is 1. The highest BCUT2D eigenvalue weighted by atomic mass is 35.5. The van der Waals surface area contributed by atoms with Gasteiger partial charge >= 0.3 is 0 Å². The first-order valence-corrected chi connectivity index (χ1v) is 7.72. The van der Waals surface area contributed by atoms with Crippen LogP contribution in [-0.2, 0) is 16.4 Å². The van der Waals surface area contributed by atoms with E-state index in [2.05, 4.69) is 4.72 Å². The van der Waals surface area contributed by atoms with Crippen LogP contribution in [0.4, 0.5) is 0 Å². The molecule has 1 saturated carbocycles. The lowest BCUT2D eigenvalue weighted by atomic mass is 10.2. The molecule has 0 bridgehead atoms. The van der Waals surface area contributed by atoms with Crippen molar-refractivity contribution in [3.63, 3.8) is 0 Å². The number of hydrogen-bond acceptors (Lipinski definition) is 2. The smallest absolute Gasteiger partial charge is 0.208 e. The van der Waals surface area contributed by atoms with Gasteiger partial charge in [0.1, 0.15) is 0 Å². The van der Waals surface area contributed by atoms with Crippen LogP contribution < -0.4 is 4.72 Å². The fraction of sp³-hybridized carbons (Fsp3) is 0.500. The predicted octanol–water partition coefficient (Wildman–Crippen LogP) is 2.15. The average molecular weight is 274 g/mol. The molecule has 1 aliphatic rings. The summed E-state index contributed by atoms with van der Waals surface area (Å²) in [5, 5.41) is 0. The predicted molar refractivity (Wildman–Crippen MR) is 68.8 cm³/mol. The molecule has 1 aromatic rings. The number of benzene rings is 1. The van der Waals surface area contributed by atoms with Gasteiger partial charge in [0.2, 0.25) is 10.0 Å². The Balaban J connectivity index is 2.10. The molecule has 0 aliphatic heterocycles. The molecule has 0 heterocycles. The lowest BCUT2D eigenvalue weighted by Crippen LogP contribution is -2.26. The third kappa shape index (κ3) is 3.21. The summed E-state index contributed by atoms with van der Waals surface area (Å²) in [6.07, 6.45) is 1.69. The van der Waals surface area contributed by atoms with Crippen LogP contribution in [0.1, 0.15) is 18.9 Å². The van der Waals surface area contributed by atoms with E-state index in [-0.39, 0.29) is 6.04 Å². The fourth-order valence-corrected chi connectivity index (χ4v) is 3.27. The molecule has 1 N–H and O–H groups in total. The highest BCUT2D eigenvalue weighted by Gasteiger charge is 2.36. The second-order valence-corrected chi connectivity index (χ2v) is 6.62. The van der Waals surface area contributed by atoms with Gasteiger partial charge < -0.3 is 0 Å². The van der Waals surface area contributed by atoms with E-state index in [4.69, 9.17) is 11.6 Å². The highest BCUT2D eigenvalue weighted by Crippen LogP contribution is 2.30. The van der Waals surface area contributed by atoms with Crippen LogP contribution in [0.15, 0.2) is 29.2 Å². The first-order valence-electron chi connectivity index (χ1n) is 5.70. The molecule has 17 heavy (non-hydrogen) atoms. The summed E-state index contributed by atoms with van der Waals surface area (Å²) in [6, 6.07) is 7.01. The molecule has 0 aromatic heterocycles. The molecule has 0 amide bonds. The van der Waals surface area contributed by atoms with Crippen molar-refractivity contribution >= 4 is 21.6 Å². The lowest BCUT2D eigenvalue weighted by molar-refractivity contribution is 0.578. The number of alkyl halides is 1. The highest BCUT2D eigenvalue weighted by molar-refractivity contribution is 7.89. The normalized spacial score (nSPS) is 23.6. The Morgan fingerprint density at radius 3 is 2.41 bits per heavy atom. The molecule has 2 atom stereocenters. The summed E-state index contributed by atoms with van der Waals surface area (Å²) < 4.78 is 26.6. The Hall–Kier alpha value is -0.580. The van der Waals surface area contributed by atoms with Crippen molar-refractivity contribution in [2.75, 3.05) is 5.88 Å². The zero-order valence-electron chi connectivity index (χ0n) is 9.69. The number of aryl methyl sites for hydroxylation is 1. The third-order valence-electron chi connectivity index (χ3n) is 3.03. The van der Waals surface area contributed by atoms with E-state index < -0.39 is 10.0 Å². The van der Waals surface area contributed by atoms with E-state index in [1.807, 2.05) is 19.1 Å². The minimum absolute atomic E-state index is 0.113. The van der Waals surface area contributed by atoms with E-state index in [1.54, 1.807) is 12.1 Å². The van der Waals surface area contributed by atoms with Crippen molar-refractivity contribution < 1.29 is 8.42 Å². The SMILES string of the molecule is CC1CC1NS(=O)(=O)c1ccc(CCCl)cc1. The summed E-state index contributed by atoms with van der Waals surface area (Å²) in [5.74, 6) is 1.00. The van der Waals surface area contributed by atoms with Gasteiger partial charge in [-0.1, -0.05) is 19.1 Å². The lowest BCUT2D eigenvalue weighted by Gasteiger charge is -2.06. The molecule has 1 fully saturated rings. The van der Waals surface area contributed by atoms with Crippen molar-refractivity contribution in [3.05, 3.63) is 29.8 Å². The molecule has 94 valence electrons. The molecule has 5 heteroatoms. The van der Waals surface area contributed by atoms with Crippen LogP contribution in [0, 0.1) is 5.92 Å². The zero-order chi connectivity index (χ0) is 12.5. The average Bonchev–Trinajstić information content (AvgIpc) is 2.94. The van der Waals surface area contributed by atoms with Gasteiger partial charge in [-0.3, -0.25) is 0 Å². The maximum Gasteiger partial charge on any atom is 0.240 e. The topological polar surface area (TPSA) is 46.2 Å². The van der Waals surface area contributed by atoms with Crippen molar-refractivity contribution in [1.29, 1.82) is 0 Å². The number of halogens is 1. The summed E-state index contributed by atoms with van der Waals surface area (Å²) >= 11 is 5.63. The van der Waals surface area contributed by atoms with Gasteiger partial charge in [0.25, 0.3) is 0 Å². The van der Waals surface area contributed by atoms with Crippen molar-refractivity contribution in [1.82, 2.24) is 4.72 Å². The number of nitrogens with one attached hydrogen (secondary N) is 1. The molecule has 3 nitrogen and oxygen atoms in total. The summed E-state index contributed by atoms with van der Waals surface area (Å²) in [7, 11) is -3.34. The Morgan fingerprint density at radius 2 is 1.94 bits per heavy atom. The third-order valence-corrected chi connectivity index (χ3v) is 4.73. The van der Waals surface area contributed by atoms with Gasteiger partial charge in [-0.05, 0) is 36.5 Å². The van der Waals surface area contributed by atoms with Crippen LogP contribution in [-0.4, -0.2) is 20.3 Å². The minimum Gasteiger partial charge on any atom is -0.208 e. The molecule has 0 saturated heterocycles. The Kier molecular flexibility index (Phi) is 3.76. The van der Waals surface area contributed by atoms with Gasteiger partial charge in [-0.2, -0.15) is 0 Å². The molecule has 2 rings (SSSR count). The van der Waals surface area contributed by atoms with Gasteiger partial charge in [0.05, 0.1) is 4.90 Å². The quantitative estimate of drug-likeness (QED) is 0.836. The van der Waals surface area contributed by atoms with Crippen molar-refractivity contribution in [2.24, 2.45) is 5.92 Å². The summed E-state index contributed by atoms with van der Waals surface area (Å²) in [4.78, 5) is 0.329.